The molecule has 12 aromatic rings. The molecule has 1 aliphatic rings. The molecule has 0 bridgehead atoms. The summed E-state index contributed by atoms with van der Waals surface area (Å²) in [5.41, 5.74) is 16.3. The molecule has 4 aromatic heterocycles. The van der Waals surface area contributed by atoms with Crippen LogP contribution in [0.3, 0.4) is 0 Å². The fourth-order valence-corrected chi connectivity index (χ4v) is 13.9. The summed E-state index contributed by atoms with van der Waals surface area (Å²) in [5.74, 6) is 0. The van der Waals surface area contributed by atoms with Gasteiger partial charge < -0.3 is 17.7 Å². The summed E-state index contributed by atoms with van der Waals surface area (Å²) < 4.78 is 27.5. The molecule has 0 N–H and O–H groups in total. The molecule has 0 aliphatic heterocycles. The fourth-order valence-electron chi connectivity index (χ4n) is 11.0. The Balaban J connectivity index is 1.10. The molecule has 0 spiro atoms. The van der Waals surface area contributed by atoms with Crippen LogP contribution in [0.5, 0.6) is 0 Å². The average Bonchev–Trinajstić information content (AvgIpc) is 4.07. The maximum atomic E-state index is 7.09. The zero-order valence-corrected chi connectivity index (χ0v) is 38.8. The third-order valence-corrected chi connectivity index (χ3v) is 18.1. The topological polar surface area (TPSA) is 52.6 Å². The number of furan rings is 4. The van der Waals surface area contributed by atoms with Gasteiger partial charge in [0.1, 0.15) is 44.7 Å². The quantitative estimate of drug-likeness (QED) is 0.166. The summed E-state index contributed by atoms with van der Waals surface area (Å²) in [4.78, 5) is 0. The highest BCUT2D eigenvalue weighted by Gasteiger charge is 2.42. The first-order valence-corrected chi connectivity index (χ1v) is 29.2. The summed E-state index contributed by atoms with van der Waals surface area (Å²) in [5, 5.41) is 11.8. The average molecular weight is 851 g/mol. The van der Waals surface area contributed by atoms with E-state index in [0.29, 0.717) is 0 Å². The summed E-state index contributed by atoms with van der Waals surface area (Å²) >= 11 is 0. The van der Waals surface area contributed by atoms with Crippen molar-refractivity contribution in [3.8, 4) is 33.4 Å². The molecule has 0 saturated heterocycles. The van der Waals surface area contributed by atoms with Crippen molar-refractivity contribution < 1.29 is 17.7 Å². The van der Waals surface area contributed by atoms with E-state index in [-0.39, 0.29) is 0 Å². The molecule has 63 heavy (non-hydrogen) atoms. The zero-order chi connectivity index (χ0) is 42.9. The van der Waals surface area contributed by atoms with Crippen molar-refractivity contribution in [3.05, 3.63) is 145 Å². The first-order chi connectivity index (χ1) is 30.3. The Labute approximate surface area is 366 Å². The number of hydrogen-bond acceptors (Lipinski definition) is 4. The van der Waals surface area contributed by atoms with Gasteiger partial charge in [-0.25, -0.2) is 0 Å². The lowest BCUT2D eigenvalue weighted by atomic mass is 9.80. The first kappa shape index (κ1) is 37.0. The highest BCUT2D eigenvalue weighted by atomic mass is 28.3. The second kappa shape index (κ2) is 12.3. The minimum Gasteiger partial charge on any atom is -0.456 e. The Bertz CT molecular complexity index is 3710. The molecule has 0 saturated carbocycles. The molecule has 0 fully saturated rings. The second-order valence-corrected chi connectivity index (χ2v) is 30.5. The van der Waals surface area contributed by atoms with Gasteiger partial charge >= 0.3 is 0 Å². The second-order valence-electron chi connectivity index (χ2n) is 20.4. The molecule has 0 unspecified atom stereocenters. The molecule has 0 amide bonds. The minimum absolute atomic E-state index is 0.397. The Morgan fingerprint density at radius 3 is 1.17 bits per heavy atom. The van der Waals surface area contributed by atoms with Gasteiger partial charge in [0.25, 0.3) is 0 Å². The third-order valence-electron chi connectivity index (χ3n) is 14.1. The van der Waals surface area contributed by atoms with Gasteiger partial charge in [0.05, 0.1) is 16.1 Å². The number of hydrogen-bond donors (Lipinski definition) is 0. The van der Waals surface area contributed by atoms with Gasteiger partial charge in [-0.2, -0.15) is 0 Å². The zero-order valence-electron chi connectivity index (χ0n) is 36.8. The molecule has 1 aliphatic carbocycles. The van der Waals surface area contributed by atoms with Crippen LogP contribution in [0.4, 0.5) is 0 Å². The smallest absolute Gasteiger partial charge is 0.144 e. The molecule has 6 heteroatoms. The Hall–Kier alpha value is -6.61. The van der Waals surface area contributed by atoms with Crippen LogP contribution < -0.4 is 10.4 Å². The van der Waals surface area contributed by atoms with E-state index in [1.165, 1.54) is 32.3 Å². The van der Waals surface area contributed by atoms with Crippen LogP contribution in [0.15, 0.2) is 151 Å². The molecular weight excluding hydrogens is 805 g/mol. The molecule has 8 aromatic carbocycles. The van der Waals surface area contributed by atoms with Gasteiger partial charge in [-0.05, 0) is 92.3 Å². The SMILES string of the molecule is CC1(C)c2cc(-c3ccc4oc5c([Si](C)(C)C)cccc5c4c3)c3c(oc4ccccc43)c2-c2c1cc(-c1ccc3oc4c([Si](C)(C)C)cccc4c3c1)c1c2oc2ccccc21. The first-order valence-electron chi connectivity index (χ1n) is 22.2. The fraction of sp³-hybridized carbons (Fsp3) is 0.158. The van der Waals surface area contributed by atoms with Crippen molar-refractivity contribution in [1.82, 2.24) is 0 Å². The van der Waals surface area contributed by atoms with Crippen molar-refractivity contribution in [1.29, 1.82) is 0 Å². The van der Waals surface area contributed by atoms with E-state index in [1.54, 1.807) is 0 Å². The molecule has 0 radical (unpaired) electrons. The lowest BCUT2D eigenvalue weighted by Gasteiger charge is -2.23. The number of rotatable bonds is 4. The molecule has 13 rings (SSSR count). The van der Waals surface area contributed by atoms with E-state index in [9.17, 15) is 0 Å². The van der Waals surface area contributed by atoms with Crippen LogP contribution in [0, 0.1) is 0 Å². The van der Waals surface area contributed by atoms with E-state index in [1.807, 2.05) is 0 Å². The molecule has 4 nitrogen and oxygen atoms in total. The van der Waals surface area contributed by atoms with Crippen molar-refractivity contribution >= 4 is 114 Å². The lowest BCUT2D eigenvalue weighted by Crippen LogP contribution is -2.37. The summed E-state index contributed by atoms with van der Waals surface area (Å²) in [7, 11) is -3.31. The van der Waals surface area contributed by atoms with E-state index >= 15 is 0 Å². The van der Waals surface area contributed by atoms with Crippen molar-refractivity contribution in [2.75, 3.05) is 0 Å². The molecule has 4 heterocycles. The van der Waals surface area contributed by atoms with E-state index in [0.717, 1.165) is 110 Å². The van der Waals surface area contributed by atoms with Crippen LogP contribution in [0.2, 0.25) is 39.3 Å². The largest absolute Gasteiger partial charge is 0.456 e. The van der Waals surface area contributed by atoms with Gasteiger partial charge in [-0.1, -0.05) is 138 Å². The van der Waals surface area contributed by atoms with Gasteiger partial charge in [-0.3, -0.25) is 0 Å². The summed E-state index contributed by atoms with van der Waals surface area (Å²) in [6, 6.07) is 48.7. The number of fused-ring (bicyclic) bond motifs is 17. The predicted octanol–water partition coefficient (Wildman–Crippen LogP) is 16.0. The number of para-hydroxylation sites is 4. The van der Waals surface area contributed by atoms with Crippen LogP contribution >= 0.6 is 0 Å². The van der Waals surface area contributed by atoms with E-state index < -0.39 is 21.6 Å². The molecule has 0 atom stereocenters. The Morgan fingerprint density at radius 2 is 0.746 bits per heavy atom. The Kier molecular flexibility index (Phi) is 7.23. The third kappa shape index (κ3) is 5.02. The van der Waals surface area contributed by atoms with Crippen LogP contribution in [-0.4, -0.2) is 16.1 Å². The van der Waals surface area contributed by atoms with Crippen LogP contribution in [-0.2, 0) is 5.41 Å². The van der Waals surface area contributed by atoms with E-state index in [2.05, 4.69) is 187 Å². The maximum absolute atomic E-state index is 7.09. The monoisotopic (exact) mass is 850 g/mol. The van der Waals surface area contributed by atoms with Crippen molar-refractivity contribution in [3.63, 3.8) is 0 Å². The lowest BCUT2D eigenvalue weighted by molar-refractivity contribution is 0.651. The Morgan fingerprint density at radius 1 is 0.365 bits per heavy atom. The summed E-state index contributed by atoms with van der Waals surface area (Å²) in [6.45, 7) is 19.0. The predicted molar refractivity (Wildman–Crippen MR) is 270 cm³/mol. The summed E-state index contributed by atoms with van der Waals surface area (Å²) in [6.07, 6.45) is 0. The van der Waals surface area contributed by atoms with Gasteiger partial charge in [-0.15, -0.1) is 0 Å². The highest BCUT2D eigenvalue weighted by molar-refractivity contribution is 6.90. The van der Waals surface area contributed by atoms with Crippen molar-refractivity contribution in [2.24, 2.45) is 0 Å². The van der Waals surface area contributed by atoms with Crippen LogP contribution in [0.1, 0.15) is 25.0 Å². The maximum Gasteiger partial charge on any atom is 0.144 e. The van der Waals surface area contributed by atoms with Crippen molar-refractivity contribution in [2.45, 2.75) is 58.5 Å². The number of benzene rings is 8. The van der Waals surface area contributed by atoms with Crippen LogP contribution in [0.25, 0.3) is 121 Å². The van der Waals surface area contributed by atoms with Gasteiger partial charge in [0, 0.05) is 59.6 Å². The van der Waals surface area contributed by atoms with Gasteiger partial charge in [0.15, 0.2) is 0 Å². The normalized spacial score (nSPS) is 14.2. The standard InChI is InChI=1S/C57H46O4Si2/c1-57(2)41-29-37(31-23-25-45-39(27-31)33-17-13-21-47(53(33)58-45)62(3,4)5)49-35-15-9-11-19-43(35)60-55(49)51(41)52-42(57)30-38(50-36-16-10-12-20-44(36)61-56(50)52)32-24-26-46-40(28-32)34-18-14-22-48(54(34)59-46)63(6,7)8/h9-30H,1-8H3. The highest BCUT2D eigenvalue weighted by Crippen LogP contribution is 2.59. The van der Waals surface area contributed by atoms with Gasteiger partial charge in [0.2, 0.25) is 0 Å². The van der Waals surface area contributed by atoms with E-state index in [4.69, 9.17) is 17.7 Å². The molecule has 306 valence electrons. The minimum atomic E-state index is -1.66. The molecular formula is C57H46O4Si2.